The molecule has 0 saturated heterocycles. The van der Waals surface area contributed by atoms with Gasteiger partial charge in [-0.1, -0.05) is 6.04 Å². The van der Waals surface area contributed by atoms with Crippen molar-refractivity contribution in [3.05, 3.63) is 30.5 Å². The molecule has 0 aliphatic heterocycles. The number of carbonyl (C=O) groups excluding carboxylic acids is 1. The van der Waals surface area contributed by atoms with Crippen molar-refractivity contribution >= 4 is 5.97 Å². The van der Waals surface area contributed by atoms with Crippen molar-refractivity contribution in [2.45, 2.75) is 13.5 Å². The zero-order valence-electron chi connectivity index (χ0n) is 12.1. The van der Waals surface area contributed by atoms with E-state index in [1.54, 1.807) is 6.92 Å². The van der Waals surface area contributed by atoms with Crippen LogP contribution in [0.15, 0.2) is 30.5 Å². The molecule has 0 aromatic carbocycles. The van der Waals surface area contributed by atoms with Gasteiger partial charge in [0.15, 0.2) is 12.3 Å². The first-order valence-corrected chi connectivity index (χ1v) is 3.52. The van der Waals surface area contributed by atoms with Crippen LogP contribution in [0.5, 0.6) is 0 Å². The fraction of sp³-hybridized carbons (Fsp3) is 0.333. The van der Waals surface area contributed by atoms with Gasteiger partial charge in [0.2, 0.25) is 6.54 Å². The summed E-state index contributed by atoms with van der Waals surface area (Å²) < 4.78 is 42.8. The molecule has 0 spiro atoms. The summed E-state index contributed by atoms with van der Waals surface area (Å²) in [5.41, 5.74) is 0. The largest absolute Gasteiger partial charge is 1.00 e. The van der Waals surface area contributed by atoms with Gasteiger partial charge in [0.1, 0.15) is 2.74 Å². The van der Waals surface area contributed by atoms with Crippen LogP contribution in [-0.2, 0) is 16.1 Å². The Labute approximate surface area is 90.8 Å². The van der Waals surface area contributed by atoms with Gasteiger partial charge in [-0.15, -0.1) is 0 Å². The molecule has 13 heavy (non-hydrogen) atoms. The minimum absolute atomic E-state index is 0. The Morgan fingerprint density at radius 2 is 2.08 bits per heavy atom. The first kappa shape index (κ1) is 5.60. The second kappa shape index (κ2) is 6.43. The number of hydrogen-bond acceptors (Lipinski definition) is 2. The third-order valence-electron chi connectivity index (χ3n) is 1.10. The summed E-state index contributed by atoms with van der Waals surface area (Å²) in [5.74, 6) is -0.643. The van der Waals surface area contributed by atoms with E-state index in [2.05, 4.69) is 4.74 Å². The lowest BCUT2D eigenvalue weighted by Gasteiger charge is -1.96. The number of carbonyl (C=O) groups is 1. The Kier molecular flexibility index (Phi) is 2.77. The van der Waals surface area contributed by atoms with E-state index in [0.717, 1.165) is 4.57 Å². The smallest absolute Gasteiger partial charge is 0.372 e. The number of rotatable bonds is 3. The highest BCUT2D eigenvalue weighted by atomic mass is 35.5. The molecule has 0 saturated carbocycles. The van der Waals surface area contributed by atoms with Crippen LogP contribution in [0.4, 0.5) is 0 Å². The summed E-state index contributed by atoms with van der Waals surface area (Å²) in [4.78, 5) is 11.2. The quantitative estimate of drug-likeness (QED) is 0.406. The SMILES string of the molecule is [2H]c1c([2H])c([2H])[n+](CC(=O)OCC)c([2H])c1[2H].[Cl-]. The average molecular weight is 207 g/mol. The number of pyridine rings is 1. The van der Waals surface area contributed by atoms with E-state index < -0.39 is 43.0 Å². The third kappa shape index (κ3) is 4.48. The fourth-order valence-corrected chi connectivity index (χ4v) is 0.665. The lowest BCUT2D eigenvalue weighted by atomic mass is 10.5. The Morgan fingerprint density at radius 3 is 2.62 bits per heavy atom. The highest BCUT2D eigenvalue weighted by Crippen LogP contribution is 1.80. The zero-order valence-corrected chi connectivity index (χ0v) is 7.81. The molecule has 72 valence electrons. The van der Waals surface area contributed by atoms with E-state index in [4.69, 9.17) is 6.85 Å². The summed E-state index contributed by atoms with van der Waals surface area (Å²) in [5, 5.41) is 0. The fourth-order valence-electron chi connectivity index (χ4n) is 0.665. The van der Waals surface area contributed by atoms with E-state index in [-0.39, 0.29) is 19.0 Å². The lowest BCUT2D eigenvalue weighted by Crippen LogP contribution is -3.00. The van der Waals surface area contributed by atoms with Gasteiger partial charge in [-0.2, -0.15) is 4.57 Å². The van der Waals surface area contributed by atoms with Gasteiger partial charge < -0.3 is 17.1 Å². The first-order valence-electron chi connectivity index (χ1n) is 6.02. The minimum Gasteiger partial charge on any atom is -1.00 e. The van der Waals surface area contributed by atoms with Gasteiger partial charge in [-0.05, 0) is 6.92 Å². The molecule has 0 aliphatic rings. The van der Waals surface area contributed by atoms with Gasteiger partial charge in [-0.3, -0.25) is 0 Å². The molecule has 0 aliphatic carbocycles. The molecular formula is C9H12ClNO2. The van der Waals surface area contributed by atoms with Crippen molar-refractivity contribution in [1.82, 2.24) is 0 Å². The molecule has 0 amide bonds. The van der Waals surface area contributed by atoms with Crippen LogP contribution in [0.1, 0.15) is 13.8 Å². The summed E-state index contributed by atoms with van der Waals surface area (Å²) in [6.07, 6.45) is -0.881. The summed E-state index contributed by atoms with van der Waals surface area (Å²) in [6, 6.07) is -1.44. The summed E-state index contributed by atoms with van der Waals surface area (Å²) in [7, 11) is 0. The molecule has 0 N–H and O–H groups in total. The highest BCUT2D eigenvalue weighted by molar-refractivity contribution is 5.67. The Hall–Kier alpha value is -1.09. The van der Waals surface area contributed by atoms with Crippen molar-refractivity contribution in [2.75, 3.05) is 6.61 Å². The molecule has 1 aromatic rings. The maximum Gasteiger partial charge on any atom is 0.372 e. The summed E-state index contributed by atoms with van der Waals surface area (Å²) in [6.45, 7) is 1.41. The lowest BCUT2D eigenvalue weighted by molar-refractivity contribution is -0.686. The first-order chi connectivity index (χ1) is 7.90. The van der Waals surface area contributed by atoms with Crippen LogP contribution in [-0.4, -0.2) is 12.6 Å². The second-order valence-electron chi connectivity index (χ2n) is 1.99. The Bertz CT molecular complexity index is 440. The van der Waals surface area contributed by atoms with Crippen LogP contribution in [0.2, 0.25) is 0 Å². The van der Waals surface area contributed by atoms with Crippen LogP contribution < -0.4 is 17.0 Å². The summed E-state index contributed by atoms with van der Waals surface area (Å²) >= 11 is 0. The second-order valence-corrected chi connectivity index (χ2v) is 1.99. The van der Waals surface area contributed by atoms with E-state index in [1.807, 2.05) is 0 Å². The number of esters is 1. The molecule has 1 rings (SSSR count). The van der Waals surface area contributed by atoms with Crippen LogP contribution in [0.25, 0.3) is 0 Å². The van der Waals surface area contributed by atoms with Crippen molar-refractivity contribution in [1.29, 1.82) is 0 Å². The number of aromatic nitrogens is 1. The van der Waals surface area contributed by atoms with E-state index in [0.29, 0.717) is 0 Å². The maximum atomic E-state index is 11.2. The molecule has 0 bridgehead atoms. The minimum atomic E-state index is -0.643. The average Bonchev–Trinajstić information content (AvgIpc) is 2.30. The maximum absolute atomic E-state index is 11.2. The number of halogens is 1. The molecule has 0 fully saturated rings. The molecule has 1 heterocycles. The molecular weight excluding hydrogens is 190 g/mol. The van der Waals surface area contributed by atoms with Gasteiger partial charge >= 0.3 is 5.97 Å². The van der Waals surface area contributed by atoms with E-state index in [1.165, 1.54) is 0 Å². The predicted octanol–water partition coefficient (Wildman–Crippen LogP) is -2.46. The topological polar surface area (TPSA) is 30.2 Å². The molecule has 4 heteroatoms. The zero-order chi connectivity index (χ0) is 13.2. The van der Waals surface area contributed by atoms with E-state index >= 15 is 0 Å². The van der Waals surface area contributed by atoms with Crippen molar-refractivity contribution in [2.24, 2.45) is 0 Å². The van der Waals surface area contributed by atoms with Crippen LogP contribution in [0, 0.1) is 0 Å². The normalized spacial score (nSPS) is 14.1. The van der Waals surface area contributed by atoms with Gasteiger partial charge in [0.05, 0.1) is 10.7 Å². The van der Waals surface area contributed by atoms with Crippen LogP contribution >= 0.6 is 0 Å². The molecule has 0 unspecified atom stereocenters. The van der Waals surface area contributed by atoms with E-state index in [9.17, 15) is 4.79 Å². The van der Waals surface area contributed by atoms with Gasteiger partial charge in [0.25, 0.3) is 0 Å². The molecule has 0 atom stereocenters. The monoisotopic (exact) mass is 206 g/mol. The number of ether oxygens (including phenoxy) is 1. The molecule has 3 nitrogen and oxygen atoms in total. The van der Waals surface area contributed by atoms with Gasteiger partial charge in [0, 0.05) is 12.1 Å². The van der Waals surface area contributed by atoms with Crippen LogP contribution in [0.3, 0.4) is 0 Å². The third-order valence-corrected chi connectivity index (χ3v) is 1.10. The Morgan fingerprint density at radius 1 is 1.46 bits per heavy atom. The Balaban J connectivity index is 0.00000289. The van der Waals surface area contributed by atoms with Crippen molar-refractivity contribution < 1.29 is 33.4 Å². The van der Waals surface area contributed by atoms with Crippen molar-refractivity contribution in [3.63, 3.8) is 0 Å². The number of nitrogens with zero attached hydrogens (tertiary/aromatic N) is 1. The predicted molar refractivity (Wildman–Crippen MR) is 43.3 cm³/mol. The molecule has 1 aromatic heterocycles. The number of hydrogen-bond donors (Lipinski definition) is 0. The van der Waals surface area contributed by atoms with Gasteiger partial charge in [-0.25, -0.2) is 4.79 Å². The van der Waals surface area contributed by atoms with Crippen molar-refractivity contribution in [3.8, 4) is 0 Å². The standard InChI is InChI=1S/C9H12NO2.ClH/c1-2-12-9(11)8-10-6-4-3-5-7-10;/h3-7H,2,8H2,1H3;1H/q+1;/p-1/i3D,4D,5D,6D,7D;. The molecule has 0 radical (unpaired) electrons. The highest BCUT2D eigenvalue weighted by Gasteiger charge is 2.07.